The molecule has 1 aromatic heterocycles. The summed E-state index contributed by atoms with van der Waals surface area (Å²) in [5.74, 6) is 0.594. The number of halogens is 2. The summed E-state index contributed by atoms with van der Waals surface area (Å²) < 4.78 is 41.5. The van der Waals surface area contributed by atoms with E-state index in [9.17, 15) is 13.6 Å². The van der Waals surface area contributed by atoms with E-state index in [1.807, 2.05) is 34.9 Å². The monoisotopic (exact) mass is 467 g/mol. The summed E-state index contributed by atoms with van der Waals surface area (Å²) in [6, 6.07) is 19.2. The minimum absolute atomic E-state index is 0.106. The minimum atomic E-state index is -2.85. The lowest BCUT2D eigenvalue weighted by atomic mass is 10.2. The predicted octanol–water partition coefficient (Wildman–Crippen LogP) is 4.58. The molecule has 0 spiro atoms. The number of nitrogens with one attached hydrogen (secondary N) is 1. The van der Waals surface area contributed by atoms with Crippen LogP contribution >= 0.6 is 0 Å². The van der Waals surface area contributed by atoms with Gasteiger partial charge < -0.3 is 19.5 Å². The fourth-order valence-electron chi connectivity index (χ4n) is 3.37. The van der Waals surface area contributed by atoms with Crippen LogP contribution in [0.4, 0.5) is 8.78 Å². The number of aromatic nitrogens is 2. The molecule has 0 atom stereocenters. The Morgan fingerprint density at radius 2 is 1.76 bits per heavy atom. The molecule has 1 heterocycles. The number of nitrogens with zero attached hydrogens (tertiary/aromatic N) is 2. The number of benzene rings is 3. The zero-order valence-electron chi connectivity index (χ0n) is 18.4. The van der Waals surface area contributed by atoms with Crippen LogP contribution in [-0.4, -0.2) is 42.3 Å². The van der Waals surface area contributed by atoms with Crippen LogP contribution in [0.3, 0.4) is 0 Å². The Morgan fingerprint density at radius 1 is 1.03 bits per heavy atom. The Balaban J connectivity index is 1.40. The van der Waals surface area contributed by atoms with Crippen molar-refractivity contribution < 1.29 is 27.8 Å². The summed E-state index contributed by atoms with van der Waals surface area (Å²) >= 11 is 0. The smallest absolute Gasteiger partial charge is 0.387 e. The van der Waals surface area contributed by atoms with Gasteiger partial charge >= 0.3 is 6.61 Å². The third-order valence-electron chi connectivity index (χ3n) is 5.07. The lowest BCUT2D eigenvalue weighted by molar-refractivity contribution is -0.0498. The van der Waals surface area contributed by atoms with Crippen molar-refractivity contribution in [2.75, 3.05) is 20.3 Å². The SMILES string of the molecule is COCCNC(=O)c1ccc2c(c1)ncn2-c1ccc(OCc2ccc(OC(F)F)cc2)cc1. The maximum Gasteiger partial charge on any atom is 0.387 e. The molecule has 7 nitrogen and oxygen atoms in total. The second-order valence-corrected chi connectivity index (χ2v) is 7.37. The van der Waals surface area contributed by atoms with Gasteiger partial charge in [-0.2, -0.15) is 8.78 Å². The quantitative estimate of drug-likeness (QED) is 0.346. The molecule has 3 aromatic carbocycles. The van der Waals surface area contributed by atoms with Gasteiger partial charge in [0.25, 0.3) is 5.91 Å². The maximum absolute atomic E-state index is 12.2. The molecule has 0 aliphatic rings. The van der Waals surface area contributed by atoms with Crippen LogP contribution in [0.2, 0.25) is 0 Å². The molecular formula is C25H23F2N3O4. The van der Waals surface area contributed by atoms with E-state index in [-0.39, 0.29) is 18.3 Å². The molecule has 34 heavy (non-hydrogen) atoms. The third kappa shape index (κ3) is 5.68. The number of carbonyl (C=O) groups is 1. The summed E-state index contributed by atoms with van der Waals surface area (Å²) in [6.07, 6.45) is 1.70. The van der Waals surface area contributed by atoms with Gasteiger partial charge in [0.05, 0.1) is 17.6 Å². The molecule has 176 valence electrons. The highest BCUT2D eigenvalue weighted by atomic mass is 19.3. The largest absolute Gasteiger partial charge is 0.489 e. The molecule has 9 heteroatoms. The van der Waals surface area contributed by atoms with E-state index in [0.717, 1.165) is 16.8 Å². The van der Waals surface area contributed by atoms with Crippen LogP contribution in [0.25, 0.3) is 16.7 Å². The summed E-state index contributed by atoms with van der Waals surface area (Å²) in [4.78, 5) is 16.7. The number of hydrogen-bond donors (Lipinski definition) is 1. The third-order valence-corrected chi connectivity index (χ3v) is 5.07. The highest BCUT2D eigenvalue weighted by Gasteiger charge is 2.10. The highest BCUT2D eigenvalue weighted by molar-refractivity contribution is 5.97. The minimum Gasteiger partial charge on any atom is -0.489 e. The molecule has 0 radical (unpaired) electrons. The topological polar surface area (TPSA) is 74.6 Å². The van der Waals surface area contributed by atoms with Crippen molar-refractivity contribution in [2.45, 2.75) is 13.2 Å². The van der Waals surface area contributed by atoms with Gasteiger partial charge in [-0.25, -0.2) is 4.98 Å². The van der Waals surface area contributed by atoms with Crippen LogP contribution in [-0.2, 0) is 11.3 Å². The second-order valence-electron chi connectivity index (χ2n) is 7.37. The van der Waals surface area contributed by atoms with Crippen LogP contribution in [0.5, 0.6) is 11.5 Å². The predicted molar refractivity (Wildman–Crippen MR) is 123 cm³/mol. The summed E-state index contributed by atoms with van der Waals surface area (Å²) in [5, 5.41) is 2.79. The van der Waals surface area contributed by atoms with Gasteiger partial charge in [-0.3, -0.25) is 9.36 Å². The summed E-state index contributed by atoms with van der Waals surface area (Å²) in [7, 11) is 1.58. The first-order valence-electron chi connectivity index (χ1n) is 10.5. The normalized spacial score (nSPS) is 11.1. The number of hydrogen-bond acceptors (Lipinski definition) is 5. The molecule has 0 aliphatic heterocycles. The number of rotatable bonds is 10. The van der Waals surface area contributed by atoms with Crippen molar-refractivity contribution >= 4 is 16.9 Å². The Bertz CT molecular complexity index is 1240. The van der Waals surface area contributed by atoms with E-state index >= 15 is 0 Å². The van der Waals surface area contributed by atoms with Crippen LogP contribution in [0, 0.1) is 0 Å². The van der Waals surface area contributed by atoms with Crippen LogP contribution < -0.4 is 14.8 Å². The fraction of sp³-hybridized carbons (Fsp3) is 0.200. The summed E-state index contributed by atoms with van der Waals surface area (Å²) in [5.41, 5.74) is 3.83. The Morgan fingerprint density at radius 3 is 2.47 bits per heavy atom. The van der Waals surface area contributed by atoms with Gasteiger partial charge in [-0.15, -0.1) is 0 Å². The van der Waals surface area contributed by atoms with Crippen molar-refractivity contribution in [3.8, 4) is 17.2 Å². The van der Waals surface area contributed by atoms with Gasteiger partial charge in [0.15, 0.2) is 0 Å². The average molecular weight is 467 g/mol. The van der Waals surface area contributed by atoms with Crippen molar-refractivity contribution in [1.82, 2.24) is 14.9 Å². The van der Waals surface area contributed by atoms with E-state index in [1.54, 1.807) is 37.7 Å². The number of amides is 1. The van der Waals surface area contributed by atoms with Crippen LogP contribution in [0.1, 0.15) is 15.9 Å². The van der Waals surface area contributed by atoms with Crippen molar-refractivity contribution in [1.29, 1.82) is 0 Å². The van der Waals surface area contributed by atoms with Gasteiger partial charge in [-0.1, -0.05) is 12.1 Å². The highest BCUT2D eigenvalue weighted by Crippen LogP contribution is 2.23. The molecule has 0 unspecified atom stereocenters. The first-order valence-corrected chi connectivity index (χ1v) is 10.5. The molecule has 0 fully saturated rings. The van der Waals surface area contributed by atoms with Gasteiger partial charge in [0.1, 0.15) is 24.4 Å². The average Bonchev–Trinajstić information content (AvgIpc) is 3.27. The lowest BCUT2D eigenvalue weighted by Gasteiger charge is -2.10. The van der Waals surface area contributed by atoms with Crippen molar-refractivity contribution in [3.05, 3.63) is 84.2 Å². The van der Waals surface area contributed by atoms with Crippen LogP contribution in [0.15, 0.2) is 73.1 Å². The molecule has 0 aliphatic carbocycles. The second kappa shape index (κ2) is 10.8. The van der Waals surface area contributed by atoms with Crippen molar-refractivity contribution in [2.24, 2.45) is 0 Å². The molecule has 1 N–H and O–H groups in total. The first-order chi connectivity index (χ1) is 16.5. The van der Waals surface area contributed by atoms with Gasteiger partial charge in [0.2, 0.25) is 0 Å². The lowest BCUT2D eigenvalue weighted by Crippen LogP contribution is -2.26. The molecule has 4 rings (SSSR count). The number of ether oxygens (including phenoxy) is 3. The Hall–Kier alpha value is -3.98. The fourth-order valence-corrected chi connectivity index (χ4v) is 3.37. The number of imidazole rings is 1. The first kappa shape index (κ1) is 23.2. The molecule has 4 aromatic rings. The Kier molecular flexibility index (Phi) is 7.34. The Labute approximate surface area is 194 Å². The zero-order chi connectivity index (χ0) is 23.9. The molecular weight excluding hydrogens is 444 g/mol. The number of alkyl halides is 2. The molecule has 0 saturated carbocycles. The van der Waals surface area contributed by atoms with Crippen molar-refractivity contribution in [3.63, 3.8) is 0 Å². The molecule has 1 amide bonds. The zero-order valence-corrected chi connectivity index (χ0v) is 18.4. The van der Waals surface area contributed by atoms with E-state index in [2.05, 4.69) is 15.0 Å². The number of carbonyl (C=O) groups excluding carboxylic acids is 1. The van der Waals surface area contributed by atoms with Gasteiger partial charge in [-0.05, 0) is 60.2 Å². The van der Waals surface area contributed by atoms with E-state index in [0.29, 0.717) is 30.0 Å². The molecule has 0 saturated heterocycles. The number of fused-ring (bicyclic) bond motifs is 1. The van der Waals surface area contributed by atoms with E-state index in [4.69, 9.17) is 9.47 Å². The van der Waals surface area contributed by atoms with E-state index < -0.39 is 6.61 Å². The van der Waals surface area contributed by atoms with E-state index in [1.165, 1.54) is 12.1 Å². The summed E-state index contributed by atoms with van der Waals surface area (Å²) in [6.45, 7) is -1.67. The molecule has 0 bridgehead atoms. The number of methoxy groups -OCH3 is 1. The van der Waals surface area contributed by atoms with Gasteiger partial charge in [0, 0.05) is 24.9 Å². The maximum atomic E-state index is 12.2. The standard InChI is InChI=1S/C25H23F2N3O4/c1-32-13-12-28-24(31)18-4-11-23-22(14-18)29-16-30(23)19-5-9-20(10-6-19)33-15-17-2-7-21(8-3-17)34-25(26)27/h2-11,14,16,25H,12-13,15H2,1H3,(H,28,31).